The summed E-state index contributed by atoms with van der Waals surface area (Å²) in [6, 6.07) is 6.28. The zero-order chi connectivity index (χ0) is 12.6. The van der Waals surface area contributed by atoms with E-state index in [4.69, 9.17) is 5.84 Å². The van der Waals surface area contributed by atoms with Crippen molar-refractivity contribution in [2.45, 2.75) is 51.0 Å². The van der Waals surface area contributed by atoms with Gasteiger partial charge in [-0.05, 0) is 37.8 Å². The third-order valence-electron chi connectivity index (χ3n) is 3.61. The lowest BCUT2D eigenvalue weighted by Gasteiger charge is -2.21. The molecular weight excluding hydrogens is 222 g/mol. The molecule has 3 nitrogen and oxygen atoms in total. The number of nitrogens with two attached hydrogens (primary N) is 1. The van der Waals surface area contributed by atoms with Crippen molar-refractivity contribution in [3.05, 3.63) is 41.7 Å². The minimum atomic E-state index is 0.234. The number of allylic oxidation sites excluding steroid dienone is 1. The topological polar surface area (TPSA) is 50.9 Å². The van der Waals surface area contributed by atoms with Crippen LogP contribution in [0.3, 0.4) is 0 Å². The van der Waals surface area contributed by atoms with Crippen LogP contribution >= 0.6 is 0 Å². The van der Waals surface area contributed by atoms with E-state index in [2.05, 4.69) is 22.6 Å². The molecule has 1 aromatic rings. The van der Waals surface area contributed by atoms with E-state index in [1.54, 1.807) is 0 Å². The fraction of sp³-hybridized carbons (Fsp3) is 0.533. The summed E-state index contributed by atoms with van der Waals surface area (Å²) in [6.45, 7) is 0. The van der Waals surface area contributed by atoms with Crippen LogP contribution in [0.2, 0.25) is 0 Å². The first-order valence-electron chi connectivity index (χ1n) is 6.95. The van der Waals surface area contributed by atoms with E-state index < -0.39 is 0 Å². The molecule has 0 saturated carbocycles. The number of nitrogens with one attached hydrogen (secondary N) is 1. The molecule has 0 spiro atoms. The molecule has 0 aromatic carbocycles. The van der Waals surface area contributed by atoms with Crippen molar-refractivity contribution < 1.29 is 0 Å². The number of rotatable bonds is 4. The molecule has 0 saturated heterocycles. The largest absolute Gasteiger partial charge is 0.271 e. The Labute approximate surface area is 109 Å². The molecule has 1 aromatic heterocycles. The van der Waals surface area contributed by atoms with E-state index in [1.807, 2.05) is 18.3 Å². The first-order chi connectivity index (χ1) is 8.90. The van der Waals surface area contributed by atoms with Crippen LogP contribution in [-0.4, -0.2) is 11.0 Å². The van der Waals surface area contributed by atoms with Gasteiger partial charge in [0.2, 0.25) is 0 Å². The molecule has 0 bridgehead atoms. The van der Waals surface area contributed by atoms with Crippen LogP contribution in [0.1, 0.15) is 44.2 Å². The molecule has 1 heterocycles. The maximum Gasteiger partial charge on any atom is 0.0475 e. The Morgan fingerprint density at radius 2 is 2.11 bits per heavy atom. The van der Waals surface area contributed by atoms with Crippen LogP contribution < -0.4 is 11.3 Å². The molecule has 0 fully saturated rings. The van der Waals surface area contributed by atoms with Gasteiger partial charge in [0, 0.05) is 24.4 Å². The highest BCUT2D eigenvalue weighted by Crippen LogP contribution is 2.20. The van der Waals surface area contributed by atoms with Crippen LogP contribution in [0.25, 0.3) is 0 Å². The Morgan fingerprint density at radius 3 is 2.89 bits per heavy atom. The molecule has 2 rings (SSSR count). The highest BCUT2D eigenvalue weighted by Gasteiger charge is 2.14. The molecule has 3 N–H and O–H groups in total. The maximum atomic E-state index is 5.72. The Bertz CT molecular complexity index is 373. The van der Waals surface area contributed by atoms with Gasteiger partial charge in [-0.3, -0.25) is 16.3 Å². The number of aromatic nitrogens is 1. The zero-order valence-corrected chi connectivity index (χ0v) is 10.9. The average Bonchev–Trinajstić information content (AvgIpc) is 2.37. The fourth-order valence-corrected chi connectivity index (χ4v) is 2.56. The second-order valence-corrected chi connectivity index (χ2v) is 4.98. The monoisotopic (exact) mass is 245 g/mol. The lowest BCUT2D eigenvalue weighted by atomic mass is 9.93. The van der Waals surface area contributed by atoms with E-state index in [1.165, 1.54) is 44.1 Å². The molecule has 1 aliphatic rings. The standard InChI is InChI=1S/C15H23N3/c16-18-15(12-14-10-6-7-11-17-14)13-8-4-2-1-3-5-9-13/h6-8,10-11,15,18H,1-5,9,12,16H2/b13-8+. The van der Waals surface area contributed by atoms with Gasteiger partial charge >= 0.3 is 0 Å². The summed E-state index contributed by atoms with van der Waals surface area (Å²) >= 11 is 0. The maximum absolute atomic E-state index is 5.72. The SMILES string of the molecule is NNC(Cc1ccccn1)/C1=C/CCCCCC1. The van der Waals surface area contributed by atoms with Gasteiger partial charge in [-0.2, -0.15) is 0 Å². The molecule has 98 valence electrons. The van der Waals surface area contributed by atoms with Crippen LogP contribution in [0, 0.1) is 0 Å². The molecule has 1 aliphatic carbocycles. The Hall–Kier alpha value is -1.19. The number of hydrazine groups is 1. The second-order valence-electron chi connectivity index (χ2n) is 4.98. The normalized spacial score (nSPS) is 21.5. The third-order valence-corrected chi connectivity index (χ3v) is 3.61. The Kier molecular flexibility index (Phi) is 5.36. The van der Waals surface area contributed by atoms with Gasteiger partial charge in [0.15, 0.2) is 0 Å². The van der Waals surface area contributed by atoms with Crippen molar-refractivity contribution in [2.75, 3.05) is 0 Å². The predicted molar refractivity (Wildman–Crippen MR) is 74.8 cm³/mol. The van der Waals surface area contributed by atoms with Crippen LogP contribution in [0.15, 0.2) is 36.0 Å². The van der Waals surface area contributed by atoms with Crippen molar-refractivity contribution in [3.8, 4) is 0 Å². The summed E-state index contributed by atoms with van der Waals surface area (Å²) in [5.74, 6) is 5.72. The van der Waals surface area contributed by atoms with E-state index in [0.29, 0.717) is 0 Å². The van der Waals surface area contributed by atoms with Gasteiger partial charge in [0.05, 0.1) is 0 Å². The van der Waals surface area contributed by atoms with Gasteiger partial charge in [0.25, 0.3) is 0 Å². The molecule has 0 amide bonds. The molecular formula is C15H23N3. The van der Waals surface area contributed by atoms with Gasteiger partial charge < -0.3 is 0 Å². The summed E-state index contributed by atoms with van der Waals surface area (Å²) in [5, 5.41) is 0. The quantitative estimate of drug-likeness (QED) is 0.487. The molecule has 0 radical (unpaired) electrons. The third kappa shape index (κ3) is 3.93. The van der Waals surface area contributed by atoms with E-state index in [0.717, 1.165) is 12.1 Å². The number of hydrogen-bond acceptors (Lipinski definition) is 3. The molecule has 1 atom stereocenters. The van der Waals surface area contributed by atoms with Crippen molar-refractivity contribution in [3.63, 3.8) is 0 Å². The Morgan fingerprint density at radius 1 is 1.22 bits per heavy atom. The van der Waals surface area contributed by atoms with Gasteiger partial charge in [-0.25, -0.2) is 0 Å². The smallest absolute Gasteiger partial charge is 0.0475 e. The van der Waals surface area contributed by atoms with Gasteiger partial charge in [-0.15, -0.1) is 0 Å². The minimum Gasteiger partial charge on any atom is -0.271 e. The van der Waals surface area contributed by atoms with Crippen LogP contribution in [0.5, 0.6) is 0 Å². The Balaban J connectivity index is 2.02. The van der Waals surface area contributed by atoms with Gasteiger partial charge in [-0.1, -0.05) is 30.6 Å². The first kappa shape index (κ1) is 13.2. The fourth-order valence-electron chi connectivity index (χ4n) is 2.56. The number of nitrogens with zero attached hydrogens (tertiary/aromatic N) is 1. The number of hydrogen-bond donors (Lipinski definition) is 2. The lowest BCUT2D eigenvalue weighted by Crippen LogP contribution is -2.38. The molecule has 3 heteroatoms. The minimum absolute atomic E-state index is 0.234. The highest BCUT2D eigenvalue weighted by atomic mass is 15.2. The number of pyridine rings is 1. The van der Waals surface area contributed by atoms with Crippen molar-refractivity contribution >= 4 is 0 Å². The van der Waals surface area contributed by atoms with E-state index in [-0.39, 0.29) is 6.04 Å². The molecule has 0 aliphatic heterocycles. The molecule has 1 unspecified atom stereocenters. The first-order valence-corrected chi connectivity index (χ1v) is 6.95. The predicted octanol–water partition coefficient (Wildman–Crippen LogP) is 2.74. The van der Waals surface area contributed by atoms with Gasteiger partial charge in [0.1, 0.15) is 0 Å². The summed E-state index contributed by atoms with van der Waals surface area (Å²) < 4.78 is 0. The summed E-state index contributed by atoms with van der Waals surface area (Å²) in [4.78, 5) is 4.38. The summed E-state index contributed by atoms with van der Waals surface area (Å²) in [6.07, 6.45) is 12.8. The van der Waals surface area contributed by atoms with E-state index in [9.17, 15) is 0 Å². The van der Waals surface area contributed by atoms with Crippen LogP contribution in [0.4, 0.5) is 0 Å². The average molecular weight is 245 g/mol. The van der Waals surface area contributed by atoms with Crippen molar-refractivity contribution in [1.82, 2.24) is 10.4 Å². The highest BCUT2D eigenvalue weighted by molar-refractivity contribution is 5.16. The van der Waals surface area contributed by atoms with E-state index >= 15 is 0 Å². The van der Waals surface area contributed by atoms with Crippen molar-refractivity contribution in [1.29, 1.82) is 0 Å². The summed E-state index contributed by atoms with van der Waals surface area (Å²) in [5.41, 5.74) is 5.52. The molecule has 18 heavy (non-hydrogen) atoms. The lowest BCUT2D eigenvalue weighted by molar-refractivity contribution is 0.533. The van der Waals surface area contributed by atoms with Crippen molar-refractivity contribution in [2.24, 2.45) is 5.84 Å². The van der Waals surface area contributed by atoms with Crippen LogP contribution in [-0.2, 0) is 6.42 Å². The zero-order valence-electron chi connectivity index (χ0n) is 10.9. The summed E-state index contributed by atoms with van der Waals surface area (Å²) in [7, 11) is 0. The second kappa shape index (κ2) is 7.29.